The van der Waals surface area contributed by atoms with Crippen molar-refractivity contribution in [2.75, 3.05) is 5.32 Å². The van der Waals surface area contributed by atoms with E-state index in [0.717, 1.165) is 0 Å². The lowest BCUT2D eigenvalue weighted by Gasteiger charge is -2.07. The monoisotopic (exact) mass is 236 g/mol. The Hall–Kier alpha value is -2.11. The number of nitro benzene ring substituents is 1. The Morgan fingerprint density at radius 2 is 2.24 bits per heavy atom. The molecule has 0 aromatic heterocycles. The second-order valence-corrected chi connectivity index (χ2v) is 4.18. The average molecular weight is 236 g/mol. The first-order valence-electron chi connectivity index (χ1n) is 5.30. The molecule has 1 aromatic carbocycles. The van der Waals surface area contributed by atoms with Gasteiger partial charge in [0.15, 0.2) is 5.75 Å². The first-order chi connectivity index (χ1) is 7.99. The number of nitrogens with zero attached hydrogens (tertiary/aromatic N) is 1. The third-order valence-electron chi connectivity index (χ3n) is 2.95. The summed E-state index contributed by atoms with van der Waals surface area (Å²) in [6.45, 7) is 1.80. The summed E-state index contributed by atoms with van der Waals surface area (Å²) < 4.78 is 0. The Balaban J connectivity index is 2.47. The van der Waals surface area contributed by atoms with Crippen LogP contribution in [0.4, 0.5) is 11.4 Å². The number of rotatable bonds is 1. The molecule has 0 fully saturated rings. The highest BCUT2D eigenvalue weighted by Crippen LogP contribution is 2.34. The second kappa shape index (κ2) is 4.04. The predicted molar refractivity (Wildman–Crippen MR) is 60.9 cm³/mol. The van der Waals surface area contributed by atoms with Crippen LogP contribution >= 0.6 is 0 Å². The van der Waals surface area contributed by atoms with Crippen LogP contribution in [0.15, 0.2) is 12.1 Å². The van der Waals surface area contributed by atoms with Gasteiger partial charge in [0.05, 0.1) is 4.92 Å². The minimum Gasteiger partial charge on any atom is -0.502 e. The zero-order valence-corrected chi connectivity index (χ0v) is 9.27. The number of hydrogen-bond acceptors (Lipinski definition) is 4. The summed E-state index contributed by atoms with van der Waals surface area (Å²) in [5.41, 5.74) is 0.821. The van der Waals surface area contributed by atoms with E-state index in [4.69, 9.17) is 0 Å². The van der Waals surface area contributed by atoms with Crippen molar-refractivity contribution in [3.8, 4) is 5.75 Å². The fourth-order valence-electron chi connectivity index (χ4n) is 1.85. The quantitative estimate of drug-likeness (QED) is 0.574. The molecule has 1 unspecified atom stereocenters. The van der Waals surface area contributed by atoms with Gasteiger partial charge in [-0.2, -0.15) is 0 Å². The lowest BCUT2D eigenvalue weighted by atomic mass is 10.0. The van der Waals surface area contributed by atoms with E-state index in [2.05, 4.69) is 5.32 Å². The van der Waals surface area contributed by atoms with E-state index in [9.17, 15) is 20.0 Å². The maximum Gasteiger partial charge on any atom is 0.311 e. The summed E-state index contributed by atoms with van der Waals surface area (Å²) in [5, 5.41) is 22.8. The fraction of sp³-hybridized carbons (Fsp3) is 0.364. The Kier molecular flexibility index (Phi) is 2.71. The Bertz CT molecular complexity index is 498. The molecule has 1 aromatic rings. The highest BCUT2D eigenvalue weighted by atomic mass is 16.6. The van der Waals surface area contributed by atoms with Crippen molar-refractivity contribution in [3.63, 3.8) is 0 Å². The third kappa shape index (κ3) is 2.06. The Morgan fingerprint density at radius 1 is 1.53 bits per heavy atom. The smallest absolute Gasteiger partial charge is 0.311 e. The lowest BCUT2D eigenvalue weighted by molar-refractivity contribution is -0.385. The van der Waals surface area contributed by atoms with Crippen molar-refractivity contribution < 1.29 is 14.8 Å². The number of fused-ring (bicyclic) bond motifs is 1. The molecule has 2 rings (SSSR count). The first kappa shape index (κ1) is 11.4. The molecule has 0 spiro atoms. The maximum absolute atomic E-state index is 11.6. The molecule has 0 aliphatic carbocycles. The van der Waals surface area contributed by atoms with Crippen LogP contribution in [-0.2, 0) is 11.2 Å². The summed E-state index contributed by atoms with van der Waals surface area (Å²) in [7, 11) is 0. The molecule has 1 amide bonds. The third-order valence-corrected chi connectivity index (χ3v) is 2.95. The zero-order chi connectivity index (χ0) is 12.6. The van der Waals surface area contributed by atoms with Crippen LogP contribution in [-0.4, -0.2) is 15.9 Å². The highest BCUT2D eigenvalue weighted by Gasteiger charge is 2.23. The van der Waals surface area contributed by atoms with Gasteiger partial charge in [0, 0.05) is 23.7 Å². The SMILES string of the molecule is CC1CCc2cc([N+](=O)[O-])c(O)cc2NC1=O. The molecule has 0 saturated carbocycles. The largest absolute Gasteiger partial charge is 0.502 e. The van der Waals surface area contributed by atoms with Gasteiger partial charge in [-0.3, -0.25) is 14.9 Å². The number of aryl methyl sites for hydroxylation is 1. The summed E-state index contributed by atoms with van der Waals surface area (Å²) in [6, 6.07) is 2.56. The average Bonchev–Trinajstić information content (AvgIpc) is 2.38. The number of phenolic OH excluding ortho intramolecular Hbond substituents is 1. The fourth-order valence-corrected chi connectivity index (χ4v) is 1.85. The topological polar surface area (TPSA) is 92.5 Å². The summed E-state index contributed by atoms with van der Waals surface area (Å²) in [4.78, 5) is 21.6. The maximum atomic E-state index is 11.6. The van der Waals surface area contributed by atoms with Gasteiger partial charge in [-0.15, -0.1) is 0 Å². The summed E-state index contributed by atoms with van der Waals surface area (Å²) in [5.74, 6) is -0.691. The van der Waals surface area contributed by atoms with Crippen LogP contribution in [0.5, 0.6) is 5.75 Å². The molecular weight excluding hydrogens is 224 g/mol. The van der Waals surface area contributed by atoms with Crippen LogP contribution in [0.3, 0.4) is 0 Å². The van der Waals surface area contributed by atoms with Crippen molar-refractivity contribution in [2.24, 2.45) is 5.92 Å². The number of hydrogen-bond donors (Lipinski definition) is 2. The molecule has 90 valence electrons. The number of nitrogens with one attached hydrogen (secondary N) is 1. The molecule has 1 aliphatic rings. The zero-order valence-electron chi connectivity index (χ0n) is 9.27. The number of carbonyl (C=O) groups excluding carboxylic acids is 1. The minimum atomic E-state index is -0.633. The van der Waals surface area contributed by atoms with E-state index in [0.29, 0.717) is 24.1 Å². The van der Waals surface area contributed by atoms with Crippen molar-refractivity contribution in [2.45, 2.75) is 19.8 Å². The van der Waals surface area contributed by atoms with Gasteiger partial charge >= 0.3 is 5.69 Å². The van der Waals surface area contributed by atoms with E-state index in [-0.39, 0.29) is 17.5 Å². The molecule has 17 heavy (non-hydrogen) atoms. The molecule has 1 aliphatic heterocycles. The minimum absolute atomic E-state index is 0.128. The summed E-state index contributed by atoms with van der Waals surface area (Å²) >= 11 is 0. The van der Waals surface area contributed by atoms with Crippen molar-refractivity contribution in [1.82, 2.24) is 0 Å². The van der Waals surface area contributed by atoms with Gasteiger partial charge in [-0.25, -0.2) is 0 Å². The second-order valence-electron chi connectivity index (χ2n) is 4.18. The van der Waals surface area contributed by atoms with Gasteiger partial charge in [-0.1, -0.05) is 6.92 Å². The van der Waals surface area contributed by atoms with Crippen molar-refractivity contribution >= 4 is 17.3 Å². The van der Waals surface area contributed by atoms with Gasteiger partial charge < -0.3 is 10.4 Å². The van der Waals surface area contributed by atoms with Crippen LogP contribution in [0.2, 0.25) is 0 Å². The van der Waals surface area contributed by atoms with E-state index >= 15 is 0 Å². The van der Waals surface area contributed by atoms with Gasteiger partial charge in [0.2, 0.25) is 5.91 Å². The number of phenols is 1. The van der Waals surface area contributed by atoms with E-state index in [1.807, 2.05) is 0 Å². The van der Waals surface area contributed by atoms with E-state index < -0.39 is 10.7 Å². The Labute approximate surface area is 97.4 Å². The van der Waals surface area contributed by atoms with E-state index in [1.165, 1.54) is 12.1 Å². The van der Waals surface area contributed by atoms with Crippen LogP contribution in [0.25, 0.3) is 0 Å². The van der Waals surface area contributed by atoms with Gasteiger partial charge in [-0.05, 0) is 18.4 Å². The van der Waals surface area contributed by atoms with Crippen LogP contribution in [0, 0.1) is 16.0 Å². The number of anilines is 1. The predicted octanol–water partition coefficient (Wildman–Crippen LogP) is 1.82. The van der Waals surface area contributed by atoms with Gasteiger partial charge in [0.25, 0.3) is 0 Å². The number of nitro groups is 1. The van der Waals surface area contributed by atoms with Gasteiger partial charge in [0.1, 0.15) is 0 Å². The standard InChI is InChI=1S/C11H12N2O4/c1-6-2-3-7-4-9(13(16)17)10(14)5-8(7)12-11(6)15/h4-6,14H,2-3H2,1H3,(H,12,15). The molecule has 6 nitrogen and oxygen atoms in total. The highest BCUT2D eigenvalue weighted by molar-refractivity contribution is 5.94. The molecule has 1 atom stereocenters. The first-order valence-corrected chi connectivity index (χ1v) is 5.30. The van der Waals surface area contributed by atoms with Crippen LogP contribution < -0.4 is 5.32 Å². The van der Waals surface area contributed by atoms with Crippen molar-refractivity contribution in [3.05, 3.63) is 27.8 Å². The Morgan fingerprint density at radius 3 is 2.88 bits per heavy atom. The molecule has 1 heterocycles. The summed E-state index contributed by atoms with van der Waals surface area (Å²) in [6.07, 6.45) is 1.22. The van der Waals surface area contributed by atoms with E-state index in [1.54, 1.807) is 6.92 Å². The normalized spacial score (nSPS) is 19.1. The molecule has 2 N–H and O–H groups in total. The number of carbonyl (C=O) groups is 1. The molecular formula is C11H12N2O4. The number of aromatic hydroxyl groups is 1. The molecule has 6 heteroatoms. The number of amides is 1. The van der Waals surface area contributed by atoms with Crippen molar-refractivity contribution in [1.29, 1.82) is 0 Å². The number of benzene rings is 1. The molecule has 0 radical (unpaired) electrons. The molecule has 0 saturated heterocycles. The molecule has 0 bridgehead atoms. The lowest BCUT2D eigenvalue weighted by Crippen LogP contribution is -2.18. The van der Waals surface area contributed by atoms with Crippen LogP contribution in [0.1, 0.15) is 18.9 Å².